The number of hydrogen-bond acceptors (Lipinski definition) is 2. The summed E-state index contributed by atoms with van der Waals surface area (Å²) in [5.74, 6) is -1.29. The first-order valence-electron chi connectivity index (χ1n) is 4.46. The van der Waals surface area contributed by atoms with Crippen molar-refractivity contribution in [2.75, 3.05) is 13.1 Å². The fourth-order valence-electron chi connectivity index (χ4n) is 2.59. The van der Waals surface area contributed by atoms with Crippen LogP contribution in [0, 0.1) is 11.8 Å². The van der Waals surface area contributed by atoms with Crippen molar-refractivity contribution in [2.45, 2.75) is 24.6 Å². The van der Waals surface area contributed by atoms with Crippen molar-refractivity contribution < 1.29 is 18.3 Å². The van der Waals surface area contributed by atoms with Gasteiger partial charge in [-0.05, 0) is 12.8 Å². The van der Waals surface area contributed by atoms with E-state index in [1.807, 2.05) is 0 Å². The normalized spacial score (nSPS) is 45.2. The van der Waals surface area contributed by atoms with Crippen LogP contribution in [0.3, 0.4) is 0 Å². The number of piperidine rings is 1. The molecule has 0 radical (unpaired) electrons. The first-order chi connectivity index (χ1) is 5.96. The fraction of sp³-hybridized carbons (Fsp3) is 1.00. The molecule has 0 amide bonds. The average Bonchev–Trinajstić information content (AvgIpc) is 2.26. The molecule has 13 heavy (non-hydrogen) atoms. The molecule has 5 heteroatoms. The molecular weight excluding hydrogens is 183 g/mol. The lowest BCUT2D eigenvalue weighted by Crippen LogP contribution is -2.60. The molecule has 2 N–H and O–H groups in total. The molecule has 2 unspecified atom stereocenters. The molecular formula is C8H12F3NO. The predicted molar refractivity (Wildman–Crippen MR) is 40.1 cm³/mol. The Bertz CT molecular complexity index is 200. The van der Waals surface area contributed by atoms with Gasteiger partial charge < -0.3 is 10.4 Å². The predicted octanol–water partition coefficient (Wildman–Crippen LogP) is 0.909. The summed E-state index contributed by atoms with van der Waals surface area (Å²) in [4.78, 5) is 0. The van der Waals surface area contributed by atoms with Crippen molar-refractivity contribution >= 4 is 0 Å². The van der Waals surface area contributed by atoms with Crippen LogP contribution in [0.2, 0.25) is 0 Å². The van der Waals surface area contributed by atoms with Crippen LogP contribution in [0.5, 0.6) is 0 Å². The Kier molecular flexibility index (Phi) is 1.86. The maximum absolute atomic E-state index is 12.6. The molecule has 2 bridgehead atoms. The maximum atomic E-state index is 12.6. The van der Waals surface area contributed by atoms with Crippen LogP contribution in [0.15, 0.2) is 0 Å². The highest BCUT2D eigenvalue weighted by Gasteiger charge is 2.66. The topological polar surface area (TPSA) is 32.3 Å². The minimum absolute atomic E-state index is 0.284. The van der Waals surface area contributed by atoms with Gasteiger partial charge in [-0.15, -0.1) is 0 Å². The van der Waals surface area contributed by atoms with Gasteiger partial charge in [0.15, 0.2) is 5.60 Å². The van der Waals surface area contributed by atoms with Gasteiger partial charge in [0.1, 0.15) is 0 Å². The van der Waals surface area contributed by atoms with Gasteiger partial charge in [-0.25, -0.2) is 0 Å². The molecule has 0 aromatic carbocycles. The second kappa shape index (κ2) is 2.60. The van der Waals surface area contributed by atoms with E-state index >= 15 is 0 Å². The van der Waals surface area contributed by atoms with E-state index in [4.69, 9.17) is 0 Å². The molecule has 2 aliphatic rings. The quantitative estimate of drug-likeness (QED) is 0.602. The fourth-order valence-corrected chi connectivity index (χ4v) is 2.59. The third kappa shape index (κ3) is 1.10. The first kappa shape index (κ1) is 9.27. The summed E-state index contributed by atoms with van der Waals surface area (Å²) >= 11 is 0. The first-order valence-corrected chi connectivity index (χ1v) is 4.46. The number of fused-ring (bicyclic) bond motifs is 2. The van der Waals surface area contributed by atoms with E-state index in [1.165, 1.54) is 0 Å². The van der Waals surface area contributed by atoms with Gasteiger partial charge in [-0.2, -0.15) is 13.2 Å². The standard InChI is InChI=1S/C8H12F3NO/c9-8(10,11)7(13)5-1-2-6(7)4-12-3-5/h5-6,12-13H,1-4H2. The largest absolute Gasteiger partial charge is 0.417 e. The Hall–Kier alpha value is -0.290. The van der Waals surface area contributed by atoms with E-state index in [-0.39, 0.29) is 13.1 Å². The number of aliphatic hydroxyl groups is 1. The lowest BCUT2D eigenvalue weighted by molar-refractivity contribution is -0.291. The zero-order valence-electron chi connectivity index (χ0n) is 7.06. The van der Waals surface area contributed by atoms with Gasteiger partial charge in [0, 0.05) is 24.9 Å². The van der Waals surface area contributed by atoms with Crippen molar-refractivity contribution in [2.24, 2.45) is 11.8 Å². The number of rotatable bonds is 0. The van der Waals surface area contributed by atoms with Gasteiger partial charge in [0.2, 0.25) is 0 Å². The second-order valence-electron chi connectivity index (χ2n) is 3.95. The average molecular weight is 195 g/mol. The van der Waals surface area contributed by atoms with E-state index in [0.29, 0.717) is 12.8 Å². The highest BCUT2D eigenvalue weighted by Crippen LogP contribution is 2.51. The Morgan fingerprint density at radius 1 is 1.15 bits per heavy atom. The van der Waals surface area contributed by atoms with Crippen LogP contribution in [0.25, 0.3) is 0 Å². The van der Waals surface area contributed by atoms with Gasteiger partial charge in [0.25, 0.3) is 0 Å². The van der Waals surface area contributed by atoms with Gasteiger partial charge in [0.05, 0.1) is 0 Å². The lowest BCUT2D eigenvalue weighted by atomic mass is 9.80. The summed E-state index contributed by atoms with van der Waals surface area (Å²) in [5.41, 5.74) is -2.42. The zero-order chi connectivity index (χ0) is 9.69. The molecule has 1 saturated carbocycles. The maximum Gasteiger partial charge on any atom is 0.417 e. The Labute approximate surface area is 74.1 Å². The Morgan fingerprint density at radius 3 is 1.92 bits per heavy atom. The summed E-state index contributed by atoms with van der Waals surface area (Å²) in [6.45, 7) is 0.568. The molecule has 2 atom stereocenters. The lowest BCUT2D eigenvalue weighted by Gasteiger charge is -2.40. The van der Waals surface area contributed by atoms with Crippen LogP contribution < -0.4 is 5.32 Å². The van der Waals surface area contributed by atoms with Crippen LogP contribution >= 0.6 is 0 Å². The van der Waals surface area contributed by atoms with E-state index in [0.717, 1.165) is 0 Å². The number of hydrogen-bond donors (Lipinski definition) is 2. The van der Waals surface area contributed by atoms with E-state index in [1.54, 1.807) is 0 Å². The highest BCUT2D eigenvalue weighted by molar-refractivity contribution is 5.07. The Morgan fingerprint density at radius 2 is 1.62 bits per heavy atom. The van der Waals surface area contributed by atoms with Crippen molar-refractivity contribution in [1.29, 1.82) is 0 Å². The van der Waals surface area contributed by atoms with Crippen molar-refractivity contribution in [3.63, 3.8) is 0 Å². The van der Waals surface area contributed by atoms with Crippen molar-refractivity contribution in [3.05, 3.63) is 0 Å². The number of alkyl halides is 3. The van der Waals surface area contributed by atoms with Crippen LogP contribution in [-0.2, 0) is 0 Å². The molecule has 1 heterocycles. The summed E-state index contributed by atoms with van der Waals surface area (Å²) in [6.07, 6.45) is -3.51. The molecule has 2 nitrogen and oxygen atoms in total. The Balaban J connectivity index is 2.31. The number of halogens is 3. The monoisotopic (exact) mass is 195 g/mol. The molecule has 0 spiro atoms. The van der Waals surface area contributed by atoms with Gasteiger partial charge in [-0.3, -0.25) is 0 Å². The minimum atomic E-state index is -4.47. The minimum Gasteiger partial charge on any atom is -0.380 e. The molecule has 1 aliphatic heterocycles. The van der Waals surface area contributed by atoms with E-state index in [9.17, 15) is 18.3 Å². The number of nitrogens with one attached hydrogen (secondary N) is 1. The summed E-state index contributed by atoms with van der Waals surface area (Å²) in [6, 6.07) is 0. The summed E-state index contributed by atoms with van der Waals surface area (Å²) < 4.78 is 37.8. The molecule has 1 aliphatic carbocycles. The molecule has 2 rings (SSSR count). The molecule has 1 saturated heterocycles. The summed E-state index contributed by atoms with van der Waals surface area (Å²) in [5, 5.41) is 12.6. The summed E-state index contributed by atoms with van der Waals surface area (Å²) in [7, 11) is 0. The molecule has 0 aromatic heterocycles. The van der Waals surface area contributed by atoms with Gasteiger partial charge in [-0.1, -0.05) is 0 Å². The second-order valence-corrected chi connectivity index (χ2v) is 3.95. The highest BCUT2D eigenvalue weighted by atomic mass is 19.4. The zero-order valence-corrected chi connectivity index (χ0v) is 7.06. The molecule has 2 fully saturated rings. The van der Waals surface area contributed by atoms with E-state index in [2.05, 4.69) is 5.32 Å². The molecule has 0 aromatic rings. The van der Waals surface area contributed by atoms with Crippen LogP contribution in [0.4, 0.5) is 13.2 Å². The molecule has 76 valence electrons. The van der Waals surface area contributed by atoms with Crippen LogP contribution in [-0.4, -0.2) is 30.0 Å². The van der Waals surface area contributed by atoms with Gasteiger partial charge >= 0.3 is 6.18 Å². The SMILES string of the molecule is OC1(C(F)(F)F)C2CCC1CNC2. The van der Waals surface area contributed by atoms with E-state index < -0.39 is 23.6 Å². The van der Waals surface area contributed by atoms with Crippen LogP contribution in [0.1, 0.15) is 12.8 Å². The third-order valence-corrected chi connectivity index (χ3v) is 3.34. The van der Waals surface area contributed by atoms with Crippen molar-refractivity contribution in [3.8, 4) is 0 Å². The smallest absolute Gasteiger partial charge is 0.380 e. The third-order valence-electron chi connectivity index (χ3n) is 3.34. The van der Waals surface area contributed by atoms with Crippen molar-refractivity contribution in [1.82, 2.24) is 5.32 Å².